The molecule has 292 valence electrons. The molecule has 3 aliphatic rings. The fourth-order valence-electron chi connectivity index (χ4n) is 8.30. The molecule has 4 aromatic rings. The van der Waals surface area contributed by atoms with E-state index in [9.17, 15) is 27.5 Å². The van der Waals surface area contributed by atoms with E-state index in [2.05, 4.69) is 28.1 Å². The number of carbonyl (C=O) groups excluding carboxylic acids is 1. The number of hydrogen-bond acceptors (Lipinski definition) is 8. The van der Waals surface area contributed by atoms with Gasteiger partial charge < -0.3 is 25.4 Å². The van der Waals surface area contributed by atoms with Crippen LogP contribution in [0.4, 0.5) is 33.5 Å². The lowest BCUT2D eigenvalue weighted by Crippen LogP contribution is -2.46. The first-order valence-corrected chi connectivity index (χ1v) is 18.5. The maximum absolute atomic E-state index is 15.0. The lowest BCUT2D eigenvalue weighted by Gasteiger charge is -2.36. The van der Waals surface area contributed by atoms with Crippen molar-refractivity contribution in [1.82, 2.24) is 20.3 Å². The molecule has 1 saturated heterocycles. The molecule has 3 heterocycles. The number of rotatable bonds is 11. The predicted octanol–water partition coefficient (Wildman–Crippen LogP) is 8.02. The molecular weight excluding hydrogens is 731 g/mol. The van der Waals surface area contributed by atoms with Crippen LogP contribution in [-0.4, -0.2) is 63.9 Å². The number of benzene rings is 2. The number of phenolic OH excluding ortho intramolecular Hbond substituents is 1. The number of nitrogens with one attached hydrogen (secondary N) is 2. The van der Waals surface area contributed by atoms with E-state index in [1.807, 2.05) is 6.08 Å². The summed E-state index contributed by atoms with van der Waals surface area (Å²) in [6, 6.07) is 8.03. The van der Waals surface area contributed by atoms with Crippen LogP contribution >= 0.6 is 0 Å². The number of anilines is 2. The van der Waals surface area contributed by atoms with Crippen LogP contribution in [0.25, 0.3) is 22.4 Å². The molecule has 56 heavy (non-hydrogen) atoms. The minimum absolute atomic E-state index is 0.0166. The van der Waals surface area contributed by atoms with E-state index in [1.54, 1.807) is 24.0 Å². The number of halogens is 5. The van der Waals surface area contributed by atoms with Crippen molar-refractivity contribution in [3.05, 3.63) is 89.1 Å². The summed E-state index contributed by atoms with van der Waals surface area (Å²) in [4.78, 5) is 26.9. The van der Waals surface area contributed by atoms with E-state index in [0.717, 1.165) is 49.1 Å². The van der Waals surface area contributed by atoms with Gasteiger partial charge in [0.25, 0.3) is 0 Å². The number of ether oxygens (including phenoxy) is 1. The first-order chi connectivity index (χ1) is 26.7. The molecule has 2 aromatic heterocycles. The SMILES string of the molecule is C#Cc1c(F)ccc2cc(O)cc(C3=Cc4nc(OC[C@]5(C)C[C@@H](F)CN5c5ccc(C(F)(F)F)nc5)nc(NCC5(CNC(=O)C=C)CCCC5)c4CC3)c12. The van der Waals surface area contributed by atoms with Crippen molar-refractivity contribution in [2.24, 2.45) is 5.41 Å². The van der Waals surface area contributed by atoms with Gasteiger partial charge in [-0.1, -0.05) is 31.4 Å². The summed E-state index contributed by atoms with van der Waals surface area (Å²) < 4.78 is 76.0. The van der Waals surface area contributed by atoms with Crippen LogP contribution < -0.4 is 20.3 Å². The molecule has 0 unspecified atom stereocenters. The molecule has 0 spiro atoms. The predicted molar refractivity (Wildman–Crippen MR) is 204 cm³/mol. The van der Waals surface area contributed by atoms with E-state index in [1.165, 1.54) is 24.3 Å². The molecule has 3 N–H and O–H groups in total. The number of nitrogens with zero attached hydrogens (tertiary/aromatic N) is 4. The Kier molecular flexibility index (Phi) is 10.4. The molecule has 2 aromatic carbocycles. The third kappa shape index (κ3) is 7.72. The molecule has 1 saturated carbocycles. The number of alkyl halides is 4. The van der Waals surface area contributed by atoms with Crippen molar-refractivity contribution >= 4 is 39.8 Å². The molecule has 2 atom stereocenters. The van der Waals surface area contributed by atoms with Crippen LogP contribution in [0, 0.1) is 23.6 Å². The van der Waals surface area contributed by atoms with Gasteiger partial charge in [-0.25, -0.2) is 13.8 Å². The lowest BCUT2D eigenvalue weighted by atomic mass is 9.85. The zero-order chi connectivity index (χ0) is 39.8. The molecule has 14 heteroatoms. The minimum Gasteiger partial charge on any atom is -0.508 e. The minimum atomic E-state index is -4.62. The van der Waals surface area contributed by atoms with Crippen molar-refractivity contribution in [2.45, 2.75) is 69.8 Å². The summed E-state index contributed by atoms with van der Waals surface area (Å²) in [6.07, 6.45) is 8.79. The van der Waals surface area contributed by atoms with Gasteiger partial charge in [0, 0.05) is 35.9 Å². The molecule has 0 bridgehead atoms. The van der Waals surface area contributed by atoms with Crippen LogP contribution in [0.15, 0.2) is 55.3 Å². The molecule has 9 nitrogen and oxygen atoms in total. The highest BCUT2D eigenvalue weighted by Gasteiger charge is 2.44. The number of terminal acetylenes is 1. The summed E-state index contributed by atoms with van der Waals surface area (Å²) >= 11 is 0. The van der Waals surface area contributed by atoms with Crippen molar-refractivity contribution in [1.29, 1.82) is 0 Å². The van der Waals surface area contributed by atoms with Gasteiger partial charge in [-0.15, -0.1) is 6.42 Å². The van der Waals surface area contributed by atoms with Gasteiger partial charge in [-0.05, 0) is 91.6 Å². The number of pyridine rings is 1. The maximum atomic E-state index is 15.0. The average molecular weight is 773 g/mol. The van der Waals surface area contributed by atoms with Gasteiger partial charge in [0.05, 0.1) is 35.2 Å². The fraction of sp³-hybridized carbons (Fsp3) is 0.381. The summed E-state index contributed by atoms with van der Waals surface area (Å²) in [5.74, 6) is 2.14. The van der Waals surface area contributed by atoms with E-state index >= 15 is 4.39 Å². The van der Waals surface area contributed by atoms with E-state index < -0.39 is 29.4 Å². The Morgan fingerprint density at radius 2 is 1.95 bits per heavy atom. The second-order valence-corrected chi connectivity index (χ2v) is 15.1. The third-order valence-electron chi connectivity index (χ3n) is 11.2. The highest BCUT2D eigenvalue weighted by atomic mass is 19.4. The number of hydrogen-bond donors (Lipinski definition) is 3. The van der Waals surface area contributed by atoms with Crippen LogP contribution in [0.5, 0.6) is 11.8 Å². The topological polar surface area (TPSA) is 112 Å². The molecular formula is C42H41F5N6O3. The summed E-state index contributed by atoms with van der Waals surface area (Å²) in [7, 11) is 0. The van der Waals surface area contributed by atoms with Crippen molar-refractivity contribution < 1.29 is 36.6 Å². The quantitative estimate of drug-likeness (QED) is 0.0799. The van der Waals surface area contributed by atoms with Gasteiger partial charge in [0.1, 0.15) is 35.9 Å². The molecule has 7 rings (SSSR count). The molecule has 2 aliphatic carbocycles. The Bertz CT molecular complexity index is 2250. The second kappa shape index (κ2) is 15.1. The van der Waals surface area contributed by atoms with Crippen molar-refractivity contribution in [3.63, 3.8) is 0 Å². The maximum Gasteiger partial charge on any atom is 0.433 e. The van der Waals surface area contributed by atoms with Gasteiger partial charge in [-0.2, -0.15) is 23.1 Å². The summed E-state index contributed by atoms with van der Waals surface area (Å²) in [6.45, 7) is 6.07. The van der Waals surface area contributed by atoms with Crippen LogP contribution in [0.1, 0.15) is 73.5 Å². The number of amides is 1. The highest BCUT2D eigenvalue weighted by Crippen LogP contribution is 2.42. The van der Waals surface area contributed by atoms with Gasteiger partial charge in [0.2, 0.25) is 5.91 Å². The Hall–Kier alpha value is -5.71. The number of aromatic hydroxyl groups is 1. The Balaban J connectivity index is 1.25. The number of fused-ring (bicyclic) bond motifs is 2. The monoisotopic (exact) mass is 772 g/mol. The van der Waals surface area contributed by atoms with Gasteiger partial charge in [-0.3, -0.25) is 4.79 Å². The molecule has 2 fully saturated rings. The van der Waals surface area contributed by atoms with Crippen LogP contribution in [0.2, 0.25) is 0 Å². The van der Waals surface area contributed by atoms with Crippen molar-refractivity contribution in [2.75, 3.05) is 36.5 Å². The number of phenols is 1. The normalized spacial score (nSPS) is 20.3. The summed E-state index contributed by atoms with van der Waals surface area (Å²) in [5.41, 5.74) is 0.721. The van der Waals surface area contributed by atoms with E-state index in [-0.39, 0.29) is 48.2 Å². The molecule has 1 amide bonds. The van der Waals surface area contributed by atoms with E-state index in [4.69, 9.17) is 21.1 Å². The zero-order valence-electron chi connectivity index (χ0n) is 30.8. The summed E-state index contributed by atoms with van der Waals surface area (Å²) in [5, 5.41) is 18.2. The highest BCUT2D eigenvalue weighted by molar-refractivity contribution is 6.02. The first-order valence-electron chi connectivity index (χ1n) is 18.5. The smallest absolute Gasteiger partial charge is 0.433 e. The van der Waals surface area contributed by atoms with Crippen LogP contribution in [-0.2, 0) is 17.4 Å². The van der Waals surface area contributed by atoms with Gasteiger partial charge >= 0.3 is 12.2 Å². The second-order valence-electron chi connectivity index (χ2n) is 15.1. The average Bonchev–Trinajstić information content (AvgIpc) is 3.77. The van der Waals surface area contributed by atoms with Crippen LogP contribution in [0.3, 0.4) is 0 Å². The number of aromatic nitrogens is 3. The third-order valence-corrected chi connectivity index (χ3v) is 11.2. The Labute approximate surface area is 321 Å². The fourth-order valence-corrected chi connectivity index (χ4v) is 8.30. The Morgan fingerprint density at radius 1 is 1.16 bits per heavy atom. The lowest BCUT2D eigenvalue weighted by molar-refractivity contribution is -0.141. The van der Waals surface area contributed by atoms with Crippen molar-refractivity contribution in [3.8, 4) is 24.1 Å². The molecule has 0 radical (unpaired) electrons. The number of allylic oxidation sites excluding steroid dienone is 1. The zero-order valence-corrected chi connectivity index (χ0v) is 30.8. The largest absolute Gasteiger partial charge is 0.508 e. The Morgan fingerprint density at radius 3 is 2.64 bits per heavy atom. The van der Waals surface area contributed by atoms with Gasteiger partial charge in [0.15, 0.2) is 0 Å². The first kappa shape index (κ1) is 38.6. The number of carbonyl (C=O) groups is 1. The standard InChI is InChI=1S/C42H41F5N6O3/c1-4-30-33(44)12-9-26-16-29(54)18-32(37(26)30)25-8-11-31-34(17-25)51-39(52-38(31)50-23-41(14-6-7-15-41)22-49-36(55)5-2)56-24-40(3)19-27(43)21-53(40)28-10-13-35(48-20-28)42(45,46)47/h1,5,9-10,12-13,16-18,20,27,54H,2,6-8,11,14-15,19,21-24H2,3H3,(H,49,55)(H,50,51,52)/t27-,40+/m1/s1. The molecule has 1 aliphatic heterocycles. The van der Waals surface area contributed by atoms with E-state index in [0.29, 0.717) is 59.5 Å².